The molecule has 1 aromatic heterocycles. The molecule has 146 valence electrons. The van der Waals surface area contributed by atoms with Crippen molar-refractivity contribution in [2.75, 3.05) is 26.9 Å². The zero-order chi connectivity index (χ0) is 18.6. The lowest BCUT2D eigenvalue weighted by Gasteiger charge is -2.33. The molecule has 2 saturated heterocycles. The first-order valence-corrected chi connectivity index (χ1v) is 10.1. The standard InChI is InChI=1S/C20H26ClN3O3/c1-25-18-6-5-16(21)12-15(18)13-24-9-3-2-4-17(24)20-23-22-19(27-20)14-7-10-26-11-8-14/h5-6,12,14,17H,2-4,7-11,13H2,1H3. The van der Waals surface area contributed by atoms with Gasteiger partial charge in [-0.2, -0.15) is 0 Å². The second-order valence-corrected chi connectivity index (χ2v) is 7.74. The summed E-state index contributed by atoms with van der Waals surface area (Å²) in [7, 11) is 1.69. The molecule has 1 aromatic carbocycles. The highest BCUT2D eigenvalue weighted by Gasteiger charge is 2.31. The molecule has 0 amide bonds. The summed E-state index contributed by atoms with van der Waals surface area (Å²) in [6.07, 6.45) is 5.27. The number of hydrogen-bond acceptors (Lipinski definition) is 6. The van der Waals surface area contributed by atoms with Crippen LogP contribution in [-0.2, 0) is 11.3 Å². The predicted molar refractivity (Wildman–Crippen MR) is 102 cm³/mol. The maximum absolute atomic E-state index is 6.21. The number of methoxy groups -OCH3 is 1. The Balaban J connectivity index is 1.53. The third kappa shape index (κ3) is 4.28. The second-order valence-electron chi connectivity index (χ2n) is 7.30. The van der Waals surface area contributed by atoms with Crippen LogP contribution < -0.4 is 4.74 Å². The zero-order valence-corrected chi connectivity index (χ0v) is 16.5. The SMILES string of the molecule is COc1ccc(Cl)cc1CN1CCCCC1c1nnc(C2CCOCC2)o1. The number of piperidine rings is 1. The maximum Gasteiger partial charge on any atom is 0.233 e. The summed E-state index contributed by atoms with van der Waals surface area (Å²) in [4.78, 5) is 2.40. The van der Waals surface area contributed by atoms with Crippen LogP contribution >= 0.6 is 11.6 Å². The van der Waals surface area contributed by atoms with Gasteiger partial charge in [0, 0.05) is 36.3 Å². The van der Waals surface area contributed by atoms with Crippen molar-refractivity contribution in [2.24, 2.45) is 0 Å². The van der Waals surface area contributed by atoms with Gasteiger partial charge in [-0.1, -0.05) is 18.0 Å². The van der Waals surface area contributed by atoms with Crippen molar-refractivity contribution in [3.05, 3.63) is 40.6 Å². The van der Waals surface area contributed by atoms with Gasteiger partial charge < -0.3 is 13.9 Å². The van der Waals surface area contributed by atoms with E-state index < -0.39 is 0 Å². The van der Waals surface area contributed by atoms with Gasteiger partial charge in [0.15, 0.2) is 0 Å². The molecule has 2 fully saturated rings. The first-order valence-electron chi connectivity index (χ1n) is 9.72. The lowest BCUT2D eigenvalue weighted by atomic mass is 10.00. The number of likely N-dealkylation sites (tertiary alicyclic amines) is 1. The minimum absolute atomic E-state index is 0.142. The summed E-state index contributed by atoms with van der Waals surface area (Å²) in [5.41, 5.74) is 1.08. The Morgan fingerprint density at radius 1 is 1.15 bits per heavy atom. The average molecular weight is 392 g/mol. The number of rotatable bonds is 5. The lowest BCUT2D eigenvalue weighted by molar-refractivity contribution is 0.0767. The minimum atomic E-state index is 0.142. The molecule has 27 heavy (non-hydrogen) atoms. The molecule has 2 aliphatic heterocycles. The number of ether oxygens (including phenoxy) is 2. The van der Waals surface area contributed by atoms with Crippen LogP contribution in [0, 0.1) is 0 Å². The quantitative estimate of drug-likeness (QED) is 0.755. The molecule has 0 N–H and O–H groups in total. The van der Waals surface area contributed by atoms with Gasteiger partial charge in [-0.3, -0.25) is 4.90 Å². The van der Waals surface area contributed by atoms with Gasteiger partial charge >= 0.3 is 0 Å². The Labute approximate surface area is 164 Å². The molecule has 0 spiro atoms. The van der Waals surface area contributed by atoms with Crippen molar-refractivity contribution in [3.8, 4) is 5.75 Å². The van der Waals surface area contributed by atoms with Crippen molar-refractivity contribution < 1.29 is 13.9 Å². The van der Waals surface area contributed by atoms with Crippen molar-refractivity contribution in [1.82, 2.24) is 15.1 Å². The summed E-state index contributed by atoms with van der Waals surface area (Å²) in [6.45, 7) is 3.29. The summed E-state index contributed by atoms with van der Waals surface area (Å²) < 4.78 is 17.1. The number of benzene rings is 1. The van der Waals surface area contributed by atoms with E-state index in [1.807, 2.05) is 18.2 Å². The van der Waals surface area contributed by atoms with Crippen LogP contribution in [0.25, 0.3) is 0 Å². The molecule has 0 aliphatic carbocycles. The first kappa shape index (κ1) is 18.7. The van der Waals surface area contributed by atoms with Crippen molar-refractivity contribution in [1.29, 1.82) is 0 Å². The van der Waals surface area contributed by atoms with Gasteiger partial charge in [0.25, 0.3) is 0 Å². The smallest absolute Gasteiger partial charge is 0.233 e. The van der Waals surface area contributed by atoms with Gasteiger partial charge in [0.2, 0.25) is 11.8 Å². The molecule has 1 unspecified atom stereocenters. The fraction of sp³-hybridized carbons (Fsp3) is 0.600. The molecule has 0 bridgehead atoms. The van der Waals surface area contributed by atoms with Crippen molar-refractivity contribution in [3.63, 3.8) is 0 Å². The summed E-state index contributed by atoms with van der Waals surface area (Å²) in [5.74, 6) is 2.68. The zero-order valence-electron chi connectivity index (χ0n) is 15.7. The number of aromatic nitrogens is 2. The average Bonchev–Trinajstić information content (AvgIpc) is 3.19. The predicted octanol–water partition coefficient (Wildman–Crippen LogP) is 4.35. The highest BCUT2D eigenvalue weighted by Crippen LogP contribution is 2.35. The van der Waals surface area contributed by atoms with Gasteiger partial charge in [0.05, 0.1) is 13.2 Å². The van der Waals surface area contributed by atoms with Gasteiger partial charge in [-0.25, -0.2) is 0 Å². The molecule has 0 radical (unpaired) electrons. The van der Waals surface area contributed by atoms with Crippen LogP contribution in [0.2, 0.25) is 5.02 Å². The number of halogens is 1. The Kier molecular flexibility index (Phi) is 5.95. The largest absolute Gasteiger partial charge is 0.496 e. The van der Waals surface area contributed by atoms with Crippen LogP contribution in [0.1, 0.15) is 61.4 Å². The number of hydrogen-bond donors (Lipinski definition) is 0. The van der Waals surface area contributed by atoms with E-state index in [1.54, 1.807) is 7.11 Å². The van der Waals surface area contributed by atoms with Crippen LogP contribution in [0.4, 0.5) is 0 Å². The van der Waals surface area contributed by atoms with Gasteiger partial charge in [0.1, 0.15) is 5.75 Å². The molecular formula is C20H26ClN3O3. The third-order valence-electron chi connectivity index (χ3n) is 5.54. The van der Waals surface area contributed by atoms with Crippen LogP contribution in [0.15, 0.2) is 22.6 Å². The van der Waals surface area contributed by atoms with Crippen LogP contribution in [0.3, 0.4) is 0 Å². The second kappa shape index (κ2) is 8.59. The van der Waals surface area contributed by atoms with E-state index in [0.717, 1.165) is 73.7 Å². The van der Waals surface area contributed by atoms with Gasteiger partial charge in [-0.15, -0.1) is 10.2 Å². The van der Waals surface area contributed by atoms with Crippen LogP contribution in [0.5, 0.6) is 5.75 Å². The third-order valence-corrected chi connectivity index (χ3v) is 5.78. The lowest BCUT2D eigenvalue weighted by Crippen LogP contribution is -2.33. The molecule has 3 heterocycles. The van der Waals surface area contributed by atoms with E-state index in [2.05, 4.69) is 15.1 Å². The highest BCUT2D eigenvalue weighted by molar-refractivity contribution is 6.30. The molecule has 1 atom stereocenters. The van der Waals surface area contributed by atoms with E-state index in [1.165, 1.54) is 12.8 Å². The fourth-order valence-corrected chi connectivity index (χ4v) is 4.23. The van der Waals surface area contributed by atoms with Crippen molar-refractivity contribution in [2.45, 2.75) is 50.6 Å². The van der Waals surface area contributed by atoms with E-state index in [0.29, 0.717) is 5.92 Å². The summed E-state index contributed by atoms with van der Waals surface area (Å²) in [5, 5.41) is 9.49. The van der Waals surface area contributed by atoms with E-state index >= 15 is 0 Å². The Bertz CT molecular complexity index is 761. The molecule has 7 heteroatoms. The molecule has 2 aromatic rings. The molecular weight excluding hydrogens is 366 g/mol. The highest BCUT2D eigenvalue weighted by atomic mass is 35.5. The van der Waals surface area contributed by atoms with E-state index in [4.69, 9.17) is 25.5 Å². The van der Waals surface area contributed by atoms with Crippen molar-refractivity contribution >= 4 is 11.6 Å². The summed E-state index contributed by atoms with van der Waals surface area (Å²) >= 11 is 6.21. The summed E-state index contributed by atoms with van der Waals surface area (Å²) in [6, 6.07) is 5.90. The molecule has 6 nitrogen and oxygen atoms in total. The topological polar surface area (TPSA) is 60.6 Å². The molecule has 0 saturated carbocycles. The van der Waals surface area contributed by atoms with Crippen LogP contribution in [-0.4, -0.2) is 42.0 Å². The van der Waals surface area contributed by atoms with Gasteiger partial charge in [-0.05, 0) is 50.4 Å². The molecule has 4 rings (SSSR count). The fourth-order valence-electron chi connectivity index (χ4n) is 4.04. The molecule has 2 aliphatic rings. The maximum atomic E-state index is 6.21. The Morgan fingerprint density at radius 2 is 1.96 bits per heavy atom. The van der Waals surface area contributed by atoms with E-state index in [-0.39, 0.29) is 6.04 Å². The monoisotopic (exact) mass is 391 g/mol. The number of nitrogens with zero attached hydrogens (tertiary/aromatic N) is 3. The van der Waals surface area contributed by atoms with E-state index in [9.17, 15) is 0 Å². The first-order chi connectivity index (χ1) is 13.2. The minimum Gasteiger partial charge on any atom is -0.496 e. The normalized spacial score (nSPS) is 22.1. The Morgan fingerprint density at radius 3 is 2.78 bits per heavy atom. The Hall–Kier alpha value is -1.63.